The SMILES string of the molecule is CC(C)(C)OC(=O)N/C=C/C=C/C1CC1.CC(C)(C)OC(=O)NC1C=CC(C2CC2)C2C(=O)NC(=O)C12. The molecule has 4 amide bonds. The molecule has 4 rings (SSSR count). The van der Waals surface area contributed by atoms with E-state index in [4.69, 9.17) is 9.47 Å². The highest BCUT2D eigenvalue weighted by Gasteiger charge is 2.54. The van der Waals surface area contributed by atoms with Gasteiger partial charge < -0.3 is 14.8 Å². The lowest BCUT2D eigenvalue weighted by atomic mass is 9.73. The number of alkyl carbamates (subject to hydrolysis) is 2. The van der Waals surface area contributed by atoms with Crippen LogP contribution in [0, 0.1) is 29.6 Å². The lowest BCUT2D eigenvalue weighted by molar-refractivity contribution is -0.126. The summed E-state index contributed by atoms with van der Waals surface area (Å²) in [6.45, 7) is 10.8. The maximum atomic E-state index is 12.1. The number of hydrogen-bond acceptors (Lipinski definition) is 6. The van der Waals surface area contributed by atoms with Gasteiger partial charge in [-0.05, 0) is 91.1 Å². The Hall–Kier alpha value is -3.10. The van der Waals surface area contributed by atoms with Crippen molar-refractivity contribution in [3.63, 3.8) is 0 Å². The van der Waals surface area contributed by atoms with E-state index in [-0.39, 0.29) is 23.7 Å². The molecule has 3 fully saturated rings. The molecule has 4 aliphatic rings. The van der Waals surface area contributed by atoms with E-state index in [9.17, 15) is 19.2 Å². The van der Waals surface area contributed by atoms with Crippen molar-refractivity contribution in [3.8, 4) is 0 Å². The molecule has 0 radical (unpaired) electrons. The summed E-state index contributed by atoms with van der Waals surface area (Å²) in [5, 5.41) is 7.67. The first-order valence-corrected chi connectivity index (χ1v) is 13.1. The van der Waals surface area contributed by atoms with E-state index in [1.807, 2.05) is 45.1 Å². The van der Waals surface area contributed by atoms with E-state index in [1.54, 1.807) is 27.0 Å². The third kappa shape index (κ3) is 9.37. The number of ether oxygens (including phenoxy) is 2. The fourth-order valence-corrected chi connectivity index (χ4v) is 4.40. The molecule has 204 valence electrons. The van der Waals surface area contributed by atoms with Crippen LogP contribution in [0.5, 0.6) is 0 Å². The minimum Gasteiger partial charge on any atom is -0.444 e. The zero-order chi connectivity index (χ0) is 27.4. The molecule has 4 atom stereocenters. The highest BCUT2D eigenvalue weighted by molar-refractivity contribution is 6.06. The third-order valence-electron chi connectivity index (χ3n) is 6.24. The largest absolute Gasteiger partial charge is 0.444 e. The van der Waals surface area contributed by atoms with Gasteiger partial charge in [0.05, 0.1) is 17.9 Å². The van der Waals surface area contributed by atoms with Gasteiger partial charge in [0, 0.05) is 6.20 Å². The second-order valence-electron chi connectivity index (χ2n) is 12.1. The Morgan fingerprint density at radius 3 is 2.03 bits per heavy atom. The number of amides is 4. The van der Waals surface area contributed by atoms with E-state index in [0.717, 1.165) is 18.8 Å². The van der Waals surface area contributed by atoms with Crippen LogP contribution in [-0.2, 0) is 19.1 Å². The summed E-state index contributed by atoms with van der Waals surface area (Å²) in [5.74, 6) is -0.0638. The molecule has 0 aromatic carbocycles. The van der Waals surface area contributed by atoms with Crippen LogP contribution in [-0.4, -0.2) is 41.2 Å². The summed E-state index contributed by atoms with van der Waals surface area (Å²) < 4.78 is 10.3. The van der Waals surface area contributed by atoms with E-state index in [0.29, 0.717) is 5.92 Å². The molecule has 1 heterocycles. The van der Waals surface area contributed by atoms with Crippen LogP contribution in [0.15, 0.2) is 36.6 Å². The van der Waals surface area contributed by atoms with Crippen molar-refractivity contribution < 1.29 is 28.7 Å². The molecular formula is C28H41N3O6. The van der Waals surface area contributed by atoms with Crippen LogP contribution in [0.1, 0.15) is 67.2 Å². The summed E-state index contributed by atoms with van der Waals surface area (Å²) in [5.41, 5.74) is -1.05. The van der Waals surface area contributed by atoms with Crippen molar-refractivity contribution >= 4 is 24.0 Å². The monoisotopic (exact) mass is 515 g/mol. The summed E-state index contributed by atoms with van der Waals surface area (Å²) >= 11 is 0. The van der Waals surface area contributed by atoms with Crippen molar-refractivity contribution in [2.45, 2.75) is 84.5 Å². The van der Waals surface area contributed by atoms with E-state index in [1.165, 1.54) is 12.8 Å². The van der Waals surface area contributed by atoms with Gasteiger partial charge in [0.2, 0.25) is 11.8 Å². The second kappa shape index (κ2) is 11.5. The lowest BCUT2D eigenvalue weighted by Crippen LogP contribution is -2.48. The second-order valence-corrected chi connectivity index (χ2v) is 12.1. The molecule has 3 N–H and O–H groups in total. The fourth-order valence-electron chi connectivity index (χ4n) is 4.40. The Balaban J connectivity index is 0.000000222. The molecule has 37 heavy (non-hydrogen) atoms. The fraction of sp³-hybridized carbons (Fsp3) is 0.643. The third-order valence-corrected chi connectivity index (χ3v) is 6.24. The zero-order valence-corrected chi connectivity index (χ0v) is 22.7. The molecule has 2 saturated carbocycles. The molecule has 0 spiro atoms. The standard InChI is InChI=1S/C16H22N2O4.C12H19NO2/c1-16(2,3)22-15(21)17-10-7-6-9(8-4-5-8)11-12(10)14(20)18-13(11)19;1-12(2,3)15-11(14)13-9-5-4-6-10-7-8-10/h6-12H,4-5H2,1-3H3,(H,17,21)(H,18,19,20);4-6,9-10H,7-8H2,1-3H3,(H,13,14)/b;6-4+,9-5+. The molecule has 1 aliphatic heterocycles. The first-order valence-electron chi connectivity index (χ1n) is 13.1. The maximum Gasteiger partial charge on any atom is 0.411 e. The Morgan fingerprint density at radius 2 is 1.46 bits per heavy atom. The molecule has 9 nitrogen and oxygen atoms in total. The van der Waals surface area contributed by atoms with Crippen LogP contribution in [0.25, 0.3) is 0 Å². The molecular weight excluding hydrogens is 474 g/mol. The van der Waals surface area contributed by atoms with Gasteiger partial charge in [-0.25, -0.2) is 9.59 Å². The van der Waals surface area contributed by atoms with Crippen LogP contribution in [0.3, 0.4) is 0 Å². The van der Waals surface area contributed by atoms with Crippen molar-refractivity contribution in [1.82, 2.24) is 16.0 Å². The van der Waals surface area contributed by atoms with Gasteiger partial charge in [0.15, 0.2) is 0 Å². The zero-order valence-electron chi connectivity index (χ0n) is 22.7. The van der Waals surface area contributed by atoms with Gasteiger partial charge in [0.1, 0.15) is 11.2 Å². The number of nitrogens with one attached hydrogen (secondary N) is 3. The number of hydrogen-bond donors (Lipinski definition) is 3. The summed E-state index contributed by atoms with van der Waals surface area (Å²) in [7, 11) is 0. The lowest BCUT2D eigenvalue weighted by Gasteiger charge is -2.33. The first-order chi connectivity index (χ1) is 17.2. The maximum absolute atomic E-state index is 12.1. The Labute approximate surface area is 219 Å². The van der Waals surface area contributed by atoms with Crippen molar-refractivity contribution in [3.05, 3.63) is 36.6 Å². The smallest absolute Gasteiger partial charge is 0.411 e. The summed E-state index contributed by atoms with van der Waals surface area (Å²) in [6, 6.07) is -0.499. The number of carbonyl (C=O) groups excluding carboxylic acids is 4. The summed E-state index contributed by atoms with van der Waals surface area (Å²) in [6.07, 6.45) is 15.1. The molecule has 9 heteroatoms. The Bertz CT molecular complexity index is 963. The van der Waals surface area contributed by atoms with Gasteiger partial charge in [-0.2, -0.15) is 0 Å². The quantitative estimate of drug-likeness (QED) is 0.284. The van der Waals surface area contributed by atoms with Crippen LogP contribution >= 0.6 is 0 Å². The normalized spacial score (nSPS) is 27.3. The Morgan fingerprint density at radius 1 is 0.865 bits per heavy atom. The predicted octanol–water partition coefficient (Wildman–Crippen LogP) is 4.36. The minimum absolute atomic E-state index is 0.105. The number of imide groups is 1. The topological polar surface area (TPSA) is 123 Å². The highest BCUT2D eigenvalue weighted by Crippen LogP contribution is 2.47. The van der Waals surface area contributed by atoms with E-state index >= 15 is 0 Å². The van der Waals surface area contributed by atoms with Gasteiger partial charge in [0.25, 0.3) is 0 Å². The van der Waals surface area contributed by atoms with Gasteiger partial charge in [-0.1, -0.05) is 24.3 Å². The molecule has 3 aliphatic carbocycles. The predicted molar refractivity (Wildman–Crippen MR) is 139 cm³/mol. The minimum atomic E-state index is -0.605. The van der Waals surface area contributed by atoms with Crippen LogP contribution in [0.4, 0.5) is 9.59 Å². The van der Waals surface area contributed by atoms with Crippen molar-refractivity contribution in [2.75, 3.05) is 0 Å². The van der Waals surface area contributed by atoms with Gasteiger partial charge >= 0.3 is 12.2 Å². The number of rotatable bonds is 5. The number of carbonyl (C=O) groups is 4. The van der Waals surface area contributed by atoms with Crippen LogP contribution in [0.2, 0.25) is 0 Å². The summed E-state index contributed by atoms with van der Waals surface area (Å²) in [4.78, 5) is 47.3. The number of allylic oxidation sites excluding steroid dienone is 4. The van der Waals surface area contributed by atoms with Gasteiger partial charge in [-0.15, -0.1) is 0 Å². The average molecular weight is 516 g/mol. The van der Waals surface area contributed by atoms with Crippen molar-refractivity contribution in [2.24, 2.45) is 29.6 Å². The first kappa shape index (κ1) is 28.5. The molecule has 4 unspecified atom stereocenters. The Kier molecular flexibility index (Phi) is 8.87. The molecule has 1 saturated heterocycles. The van der Waals surface area contributed by atoms with Crippen molar-refractivity contribution in [1.29, 1.82) is 0 Å². The number of fused-ring (bicyclic) bond motifs is 1. The average Bonchev–Trinajstić information content (AvgIpc) is 3.65. The molecule has 0 bridgehead atoms. The van der Waals surface area contributed by atoms with E-state index in [2.05, 4.69) is 22.0 Å². The molecule has 0 aromatic heterocycles. The highest BCUT2D eigenvalue weighted by atomic mass is 16.6. The molecule has 0 aromatic rings. The van der Waals surface area contributed by atoms with Gasteiger partial charge in [-0.3, -0.25) is 20.2 Å². The van der Waals surface area contributed by atoms with E-state index < -0.39 is 35.3 Å². The van der Waals surface area contributed by atoms with Crippen LogP contribution < -0.4 is 16.0 Å².